The van der Waals surface area contributed by atoms with E-state index in [9.17, 15) is 0 Å². The summed E-state index contributed by atoms with van der Waals surface area (Å²) < 4.78 is 0. The van der Waals surface area contributed by atoms with Gasteiger partial charge in [-0.25, -0.2) is 0 Å². The third-order valence-corrected chi connectivity index (χ3v) is 6.97. The topological polar surface area (TPSA) is 6.48 Å². The molecule has 2 heteroatoms. The average Bonchev–Trinajstić information content (AvgIpc) is 2.60. The van der Waals surface area contributed by atoms with Gasteiger partial charge in [0.1, 0.15) is 0 Å². The van der Waals surface area contributed by atoms with E-state index in [4.69, 9.17) is 0 Å². The Labute approximate surface area is 149 Å². The van der Waals surface area contributed by atoms with Crippen LogP contribution in [0.15, 0.2) is 24.6 Å². The fourth-order valence-electron chi connectivity index (χ4n) is 4.95. The highest BCUT2D eigenvalue weighted by Gasteiger charge is 2.29. The first-order valence-electron chi connectivity index (χ1n) is 10.5. The molecule has 24 heavy (non-hydrogen) atoms. The number of allylic oxidation sites excluding steroid dienone is 2. The van der Waals surface area contributed by atoms with Crippen molar-refractivity contribution < 1.29 is 0 Å². The first-order valence-corrected chi connectivity index (χ1v) is 10.5. The lowest BCUT2D eigenvalue weighted by Gasteiger charge is -2.41. The van der Waals surface area contributed by atoms with Crippen molar-refractivity contribution in [2.45, 2.75) is 90.9 Å². The second kappa shape index (κ2) is 7.97. The molecule has 0 saturated heterocycles. The molecule has 136 valence electrons. The van der Waals surface area contributed by atoms with E-state index in [1.54, 1.807) is 0 Å². The Morgan fingerprint density at radius 2 is 1.00 bits per heavy atom. The first-order chi connectivity index (χ1) is 11.6. The van der Waals surface area contributed by atoms with Gasteiger partial charge in [-0.2, -0.15) is 0 Å². The van der Waals surface area contributed by atoms with Crippen LogP contribution in [-0.4, -0.2) is 23.1 Å². The van der Waals surface area contributed by atoms with Gasteiger partial charge in [-0.1, -0.05) is 52.4 Å². The van der Waals surface area contributed by atoms with Crippen molar-refractivity contribution in [1.82, 2.24) is 10.0 Å². The summed E-state index contributed by atoms with van der Waals surface area (Å²) in [4.78, 5) is 0. The van der Waals surface area contributed by atoms with Gasteiger partial charge in [0, 0.05) is 25.5 Å². The van der Waals surface area contributed by atoms with Gasteiger partial charge < -0.3 is 0 Å². The maximum atomic E-state index is 2.52. The molecule has 0 aromatic rings. The van der Waals surface area contributed by atoms with Crippen molar-refractivity contribution in [2.75, 3.05) is 13.1 Å². The Hall–Kier alpha value is -0.920. The minimum atomic E-state index is 0.578. The number of hydrogen-bond acceptors (Lipinski definition) is 2. The van der Waals surface area contributed by atoms with Crippen LogP contribution < -0.4 is 0 Å². The van der Waals surface area contributed by atoms with E-state index >= 15 is 0 Å². The predicted molar refractivity (Wildman–Crippen MR) is 103 cm³/mol. The maximum Gasteiger partial charge on any atom is 0.0394 e. The molecule has 2 nitrogen and oxygen atoms in total. The molecule has 1 aliphatic heterocycles. The summed E-state index contributed by atoms with van der Waals surface area (Å²) in [5.74, 6) is 0. The van der Waals surface area contributed by atoms with Crippen LogP contribution >= 0.6 is 0 Å². The summed E-state index contributed by atoms with van der Waals surface area (Å²) in [5, 5.41) is 4.96. The highest BCUT2D eigenvalue weighted by Crippen LogP contribution is 2.40. The summed E-state index contributed by atoms with van der Waals surface area (Å²) in [6, 6.07) is 0. The second-order valence-corrected chi connectivity index (χ2v) is 9.25. The standard InChI is InChI=1S/C22H38N2/c1-21(11-5-3-6-12-21)15-19-23-17-9-10-18-24(23)20-16-22(2)13-7-4-8-14-22/h9-10,17-18H,3-8,11-16,19-20H2,1-2H3. The molecule has 0 unspecified atom stereocenters. The zero-order valence-corrected chi connectivity index (χ0v) is 16.1. The first kappa shape index (κ1) is 17.9. The lowest BCUT2D eigenvalue weighted by atomic mass is 9.73. The normalized spacial score (nSPS) is 25.9. The largest absolute Gasteiger partial charge is 0.293 e. The average molecular weight is 331 g/mol. The number of nitrogens with zero attached hydrogens (tertiary/aromatic N) is 2. The van der Waals surface area contributed by atoms with E-state index in [1.165, 1.54) is 90.1 Å². The van der Waals surface area contributed by atoms with Gasteiger partial charge in [0.05, 0.1) is 0 Å². The van der Waals surface area contributed by atoms with E-state index < -0.39 is 0 Å². The van der Waals surface area contributed by atoms with Crippen LogP contribution in [0.2, 0.25) is 0 Å². The third-order valence-electron chi connectivity index (χ3n) is 6.97. The van der Waals surface area contributed by atoms with Crippen molar-refractivity contribution in [2.24, 2.45) is 10.8 Å². The van der Waals surface area contributed by atoms with Crippen LogP contribution in [0.4, 0.5) is 0 Å². The summed E-state index contributed by atoms with van der Waals surface area (Å²) in [7, 11) is 0. The molecule has 3 aliphatic rings. The molecule has 2 aliphatic carbocycles. The number of hydrogen-bond donors (Lipinski definition) is 0. The third kappa shape index (κ3) is 4.80. The van der Waals surface area contributed by atoms with Gasteiger partial charge in [0.2, 0.25) is 0 Å². The molecule has 0 bridgehead atoms. The van der Waals surface area contributed by atoms with Crippen LogP contribution in [0.3, 0.4) is 0 Å². The quantitative estimate of drug-likeness (QED) is 0.566. The molecule has 2 saturated carbocycles. The van der Waals surface area contributed by atoms with Crippen LogP contribution in [0, 0.1) is 10.8 Å². The molecular weight excluding hydrogens is 292 g/mol. The molecular formula is C22H38N2. The lowest BCUT2D eigenvalue weighted by Crippen LogP contribution is -2.40. The van der Waals surface area contributed by atoms with Crippen molar-refractivity contribution in [1.29, 1.82) is 0 Å². The van der Waals surface area contributed by atoms with E-state index in [0.29, 0.717) is 10.8 Å². The molecule has 0 aromatic heterocycles. The molecule has 0 N–H and O–H groups in total. The molecule has 0 atom stereocenters. The van der Waals surface area contributed by atoms with Crippen LogP contribution in [-0.2, 0) is 0 Å². The SMILES string of the molecule is CC1(CCN2C=CC=CN2CCC2(C)CCCCC2)CCCCC1. The van der Waals surface area contributed by atoms with Crippen LogP contribution in [0.5, 0.6) is 0 Å². The second-order valence-electron chi connectivity index (χ2n) is 9.25. The van der Waals surface area contributed by atoms with Crippen molar-refractivity contribution in [3.63, 3.8) is 0 Å². The van der Waals surface area contributed by atoms with E-state index in [2.05, 4.69) is 48.4 Å². The molecule has 0 amide bonds. The Bertz CT molecular complexity index is 397. The van der Waals surface area contributed by atoms with Gasteiger partial charge in [-0.15, -0.1) is 0 Å². The van der Waals surface area contributed by atoms with Crippen LogP contribution in [0.25, 0.3) is 0 Å². The fraction of sp³-hybridized carbons (Fsp3) is 0.818. The molecule has 0 aromatic carbocycles. The van der Waals surface area contributed by atoms with Gasteiger partial charge in [-0.3, -0.25) is 10.0 Å². The van der Waals surface area contributed by atoms with E-state index in [0.717, 1.165) is 0 Å². The smallest absolute Gasteiger partial charge is 0.0394 e. The number of hydrazine groups is 1. The summed E-state index contributed by atoms with van der Waals surface area (Å²) >= 11 is 0. The molecule has 2 fully saturated rings. The number of rotatable bonds is 6. The van der Waals surface area contributed by atoms with Crippen molar-refractivity contribution in [3.8, 4) is 0 Å². The minimum absolute atomic E-state index is 0.578. The van der Waals surface area contributed by atoms with E-state index in [-0.39, 0.29) is 0 Å². The zero-order chi connectivity index (χ0) is 16.9. The Morgan fingerprint density at radius 3 is 1.38 bits per heavy atom. The highest BCUT2D eigenvalue weighted by atomic mass is 15.6. The summed E-state index contributed by atoms with van der Waals surface area (Å²) in [6.07, 6.45) is 26.0. The van der Waals surface area contributed by atoms with Gasteiger partial charge >= 0.3 is 0 Å². The lowest BCUT2D eigenvalue weighted by molar-refractivity contribution is 0.0347. The highest BCUT2D eigenvalue weighted by molar-refractivity contribution is 5.06. The summed E-state index contributed by atoms with van der Waals surface area (Å²) in [6.45, 7) is 7.38. The minimum Gasteiger partial charge on any atom is -0.293 e. The maximum absolute atomic E-state index is 2.52. The zero-order valence-electron chi connectivity index (χ0n) is 16.1. The van der Waals surface area contributed by atoms with Crippen molar-refractivity contribution >= 4 is 0 Å². The van der Waals surface area contributed by atoms with Gasteiger partial charge in [-0.05, 0) is 61.5 Å². The van der Waals surface area contributed by atoms with Crippen molar-refractivity contribution in [3.05, 3.63) is 24.6 Å². The van der Waals surface area contributed by atoms with Gasteiger partial charge in [0.15, 0.2) is 0 Å². The summed E-state index contributed by atoms with van der Waals surface area (Å²) in [5.41, 5.74) is 1.16. The molecule has 1 heterocycles. The van der Waals surface area contributed by atoms with Gasteiger partial charge in [0.25, 0.3) is 0 Å². The molecule has 0 radical (unpaired) electrons. The Balaban J connectivity index is 1.50. The molecule has 0 spiro atoms. The monoisotopic (exact) mass is 330 g/mol. The van der Waals surface area contributed by atoms with Crippen LogP contribution in [0.1, 0.15) is 90.9 Å². The fourth-order valence-corrected chi connectivity index (χ4v) is 4.95. The Morgan fingerprint density at radius 1 is 0.625 bits per heavy atom. The van der Waals surface area contributed by atoms with E-state index in [1.807, 2.05) is 0 Å². The molecule has 3 rings (SSSR count). The predicted octanol–water partition coefficient (Wildman–Crippen LogP) is 6.27. The Kier molecular flexibility index (Phi) is 5.94.